The average molecular weight is 325 g/mol. The van der Waals surface area contributed by atoms with E-state index in [9.17, 15) is 4.79 Å². The van der Waals surface area contributed by atoms with Crippen LogP contribution in [0.2, 0.25) is 0 Å². The first kappa shape index (κ1) is 14.4. The normalized spacial score (nSPS) is 18.0. The lowest BCUT2D eigenvalue weighted by molar-refractivity contribution is 0.0918. The predicted molar refractivity (Wildman–Crippen MR) is 82.1 cm³/mol. The number of amides is 1. The van der Waals surface area contributed by atoms with Crippen LogP contribution >= 0.6 is 15.9 Å². The number of anilines is 1. The zero-order chi connectivity index (χ0) is 13.9. The van der Waals surface area contributed by atoms with Crippen molar-refractivity contribution in [1.29, 1.82) is 0 Å². The quantitative estimate of drug-likeness (QED) is 0.832. The Hall–Kier alpha value is -1.03. The molecule has 1 aliphatic rings. The maximum atomic E-state index is 12.2. The molecule has 0 unspecified atom stereocenters. The van der Waals surface area contributed by atoms with Crippen LogP contribution in [0.1, 0.15) is 49.4 Å². The van der Waals surface area contributed by atoms with E-state index in [1.165, 1.54) is 32.1 Å². The molecule has 104 valence electrons. The van der Waals surface area contributed by atoms with E-state index in [1.54, 1.807) is 12.1 Å². The van der Waals surface area contributed by atoms with Crippen LogP contribution in [0, 0.1) is 5.41 Å². The highest BCUT2D eigenvalue weighted by Crippen LogP contribution is 2.35. The molecule has 2 rings (SSSR count). The Morgan fingerprint density at radius 2 is 2.05 bits per heavy atom. The molecule has 0 radical (unpaired) electrons. The number of rotatable bonds is 3. The Morgan fingerprint density at radius 1 is 1.37 bits per heavy atom. The van der Waals surface area contributed by atoms with Gasteiger partial charge in [0.25, 0.3) is 5.91 Å². The van der Waals surface area contributed by atoms with Gasteiger partial charge in [0.2, 0.25) is 0 Å². The van der Waals surface area contributed by atoms with Gasteiger partial charge in [0.15, 0.2) is 0 Å². The number of nitrogen functional groups attached to an aromatic ring is 1. The lowest BCUT2D eigenvalue weighted by Gasteiger charge is -2.33. The first-order valence-electron chi connectivity index (χ1n) is 6.83. The highest BCUT2D eigenvalue weighted by atomic mass is 79.9. The number of benzene rings is 1. The number of carbonyl (C=O) groups is 1. The van der Waals surface area contributed by atoms with Gasteiger partial charge in [-0.3, -0.25) is 4.79 Å². The molecule has 1 fully saturated rings. The van der Waals surface area contributed by atoms with Gasteiger partial charge < -0.3 is 11.1 Å². The van der Waals surface area contributed by atoms with Gasteiger partial charge in [-0.25, -0.2) is 0 Å². The van der Waals surface area contributed by atoms with Crippen molar-refractivity contribution in [2.24, 2.45) is 5.41 Å². The van der Waals surface area contributed by atoms with Crippen LogP contribution in [0.4, 0.5) is 5.69 Å². The summed E-state index contributed by atoms with van der Waals surface area (Å²) in [5.74, 6) is -0.0500. The van der Waals surface area contributed by atoms with E-state index in [1.807, 2.05) is 6.07 Å². The highest BCUT2D eigenvalue weighted by molar-refractivity contribution is 9.10. The summed E-state index contributed by atoms with van der Waals surface area (Å²) < 4.78 is 0.785. The number of nitrogens with one attached hydrogen (secondary N) is 1. The summed E-state index contributed by atoms with van der Waals surface area (Å²) in [4.78, 5) is 12.2. The fourth-order valence-electron chi connectivity index (χ4n) is 2.69. The smallest absolute Gasteiger partial charge is 0.252 e. The third kappa shape index (κ3) is 3.72. The minimum Gasteiger partial charge on any atom is -0.399 e. The third-order valence-electron chi connectivity index (χ3n) is 3.97. The van der Waals surface area contributed by atoms with E-state index in [0.717, 1.165) is 11.0 Å². The second-order valence-electron chi connectivity index (χ2n) is 5.79. The highest BCUT2D eigenvalue weighted by Gasteiger charge is 2.27. The Kier molecular flexibility index (Phi) is 4.50. The van der Waals surface area contributed by atoms with Crippen molar-refractivity contribution in [3.8, 4) is 0 Å². The van der Waals surface area contributed by atoms with Gasteiger partial charge in [-0.1, -0.05) is 26.2 Å². The van der Waals surface area contributed by atoms with Crippen molar-refractivity contribution in [3.63, 3.8) is 0 Å². The maximum Gasteiger partial charge on any atom is 0.252 e. The molecule has 4 heteroatoms. The first-order chi connectivity index (χ1) is 9.00. The Labute approximate surface area is 123 Å². The zero-order valence-corrected chi connectivity index (χ0v) is 12.9. The molecule has 0 aromatic heterocycles. The van der Waals surface area contributed by atoms with Crippen LogP contribution in [0.3, 0.4) is 0 Å². The molecule has 1 saturated carbocycles. The molecular formula is C15H21BrN2O. The van der Waals surface area contributed by atoms with Crippen molar-refractivity contribution in [2.45, 2.75) is 39.0 Å². The molecule has 1 aromatic rings. The number of hydrogen-bond donors (Lipinski definition) is 2. The number of hydrogen-bond acceptors (Lipinski definition) is 2. The van der Waals surface area contributed by atoms with Crippen molar-refractivity contribution >= 4 is 27.5 Å². The van der Waals surface area contributed by atoms with Gasteiger partial charge >= 0.3 is 0 Å². The molecule has 0 spiro atoms. The first-order valence-corrected chi connectivity index (χ1v) is 7.63. The van der Waals surface area contributed by atoms with Gasteiger partial charge in [0.05, 0.1) is 5.56 Å². The van der Waals surface area contributed by atoms with Gasteiger partial charge in [-0.2, -0.15) is 0 Å². The monoisotopic (exact) mass is 324 g/mol. The van der Waals surface area contributed by atoms with E-state index < -0.39 is 0 Å². The third-order valence-corrected chi connectivity index (χ3v) is 4.66. The van der Waals surface area contributed by atoms with Gasteiger partial charge in [-0.15, -0.1) is 0 Å². The molecule has 0 bridgehead atoms. The largest absolute Gasteiger partial charge is 0.399 e. The van der Waals surface area contributed by atoms with Crippen molar-refractivity contribution in [2.75, 3.05) is 12.3 Å². The summed E-state index contributed by atoms with van der Waals surface area (Å²) in [5, 5.41) is 3.05. The fraction of sp³-hybridized carbons (Fsp3) is 0.533. The van der Waals surface area contributed by atoms with Gasteiger partial charge in [0, 0.05) is 16.7 Å². The summed E-state index contributed by atoms with van der Waals surface area (Å²) in [5.41, 5.74) is 7.20. The summed E-state index contributed by atoms with van der Waals surface area (Å²) in [6.45, 7) is 3.01. The van der Waals surface area contributed by atoms with Crippen LogP contribution in [-0.2, 0) is 0 Å². The molecule has 0 atom stereocenters. The lowest BCUT2D eigenvalue weighted by atomic mass is 9.76. The van der Waals surface area contributed by atoms with Gasteiger partial charge in [-0.05, 0) is 52.4 Å². The SMILES string of the molecule is CC1(CNC(=O)c2cc(N)ccc2Br)CCCCC1. The Balaban J connectivity index is 1.99. The van der Waals surface area contributed by atoms with Crippen LogP contribution in [-0.4, -0.2) is 12.5 Å². The lowest BCUT2D eigenvalue weighted by Crippen LogP contribution is -2.37. The maximum absolute atomic E-state index is 12.2. The van der Waals surface area contributed by atoms with E-state index in [4.69, 9.17) is 5.73 Å². The average Bonchev–Trinajstić information content (AvgIpc) is 2.40. The van der Waals surface area contributed by atoms with Crippen LogP contribution in [0.15, 0.2) is 22.7 Å². The molecule has 3 N–H and O–H groups in total. The van der Waals surface area contributed by atoms with Crippen molar-refractivity contribution in [3.05, 3.63) is 28.2 Å². The molecule has 1 aliphatic carbocycles. The minimum absolute atomic E-state index is 0.0500. The molecular weight excluding hydrogens is 304 g/mol. The van der Waals surface area contributed by atoms with Crippen molar-refractivity contribution < 1.29 is 4.79 Å². The summed E-state index contributed by atoms with van der Waals surface area (Å²) >= 11 is 3.39. The topological polar surface area (TPSA) is 55.1 Å². The number of halogens is 1. The summed E-state index contributed by atoms with van der Waals surface area (Å²) in [6.07, 6.45) is 6.27. The Morgan fingerprint density at radius 3 is 2.74 bits per heavy atom. The number of nitrogens with two attached hydrogens (primary N) is 1. The van der Waals surface area contributed by atoms with Gasteiger partial charge in [0.1, 0.15) is 0 Å². The molecule has 1 amide bonds. The van der Waals surface area contributed by atoms with Crippen LogP contribution in [0.25, 0.3) is 0 Å². The zero-order valence-electron chi connectivity index (χ0n) is 11.3. The van der Waals surface area contributed by atoms with E-state index >= 15 is 0 Å². The van der Waals surface area contributed by atoms with E-state index in [0.29, 0.717) is 11.3 Å². The predicted octanol–water partition coefficient (Wildman–Crippen LogP) is 3.73. The van der Waals surface area contributed by atoms with E-state index in [2.05, 4.69) is 28.2 Å². The van der Waals surface area contributed by atoms with Crippen molar-refractivity contribution in [1.82, 2.24) is 5.32 Å². The molecule has 0 heterocycles. The second kappa shape index (κ2) is 5.95. The summed E-state index contributed by atoms with van der Waals surface area (Å²) in [7, 11) is 0. The molecule has 3 nitrogen and oxygen atoms in total. The van der Waals surface area contributed by atoms with E-state index in [-0.39, 0.29) is 11.3 Å². The number of carbonyl (C=O) groups excluding carboxylic acids is 1. The Bertz CT molecular complexity index is 467. The molecule has 0 aliphatic heterocycles. The fourth-order valence-corrected chi connectivity index (χ4v) is 3.11. The summed E-state index contributed by atoms with van der Waals surface area (Å²) in [6, 6.07) is 5.30. The molecule has 0 saturated heterocycles. The standard InChI is InChI=1S/C15H21BrN2O/c1-15(7-3-2-4-8-15)10-18-14(19)12-9-11(17)5-6-13(12)16/h5-6,9H,2-4,7-8,10,17H2,1H3,(H,18,19). The molecule has 1 aromatic carbocycles. The van der Waals surface area contributed by atoms with Crippen LogP contribution in [0.5, 0.6) is 0 Å². The molecule has 19 heavy (non-hydrogen) atoms. The van der Waals surface area contributed by atoms with Crippen LogP contribution < -0.4 is 11.1 Å². The second-order valence-corrected chi connectivity index (χ2v) is 6.65. The minimum atomic E-state index is -0.0500.